The first-order chi connectivity index (χ1) is 16.8. The topological polar surface area (TPSA) is 86.1 Å². The summed E-state index contributed by atoms with van der Waals surface area (Å²) in [7, 11) is -4.47. The summed E-state index contributed by atoms with van der Waals surface area (Å²) in [5, 5.41) is 7.46. The molecule has 0 unspecified atom stereocenters. The molecule has 1 heterocycles. The van der Waals surface area contributed by atoms with Crippen molar-refractivity contribution in [1.29, 1.82) is 0 Å². The van der Waals surface area contributed by atoms with Gasteiger partial charge >= 0.3 is 12.5 Å². The van der Waals surface area contributed by atoms with E-state index in [1.165, 1.54) is 24.8 Å². The molecule has 0 amide bonds. The average molecular weight is 534 g/mol. The first-order valence-electron chi connectivity index (χ1n) is 10.8. The highest BCUT2D eigenvalue weighted by Gasteiger charge is 2.35. The Morgan fingerprint density at radius 1 is 0.972 bits per heavy atom. The normalized spacial score (nSPS) is 19.3. The number of ether oxygens (including phenoxy) is 1. The molecule has 0 spiro atoms. The van der Waals surface area contributed by atoms with E-state index in [1.54, 1.807) is 4.57 Å². The molecule has 14 heteroatoms. The summed E-state index contributed by atoms with van der Waals surface area (Å²) in [6.07, 6.45) is -4.81. The molecule has 194 valence electrons. The molecular formula is C22H20F6N4O3S. The van der Waals surface area contributed by atoms with Crippen LogP contribution in [0.3, 0.4) is 0 Å². The van der Waals surface area contributed by atoms with Gasteiger partial charge in [-0.15, -0.1) is 23.4 Å². The van der Waals surface area contributed by atoms with Gasteiger partial charge < -0.3 is 9.30 Å². The first kappa shape index (κ1) is 25.9. The molecule has 0 saturated heterocycles. The molecule has 0 bridgehead atoms. The van der Waals surface area contributed by atoms with Crippen molar-refractivity contribution in [2.45, 2.75) is 55.2 Å². The Labute approximate surface area is 202 Å². The van der Waals surface area contributed by atoms with E-state index in [1.807, 2.05) is 0 Å². The van der Waals surface area contributed by atoms with Crippen LogP contribution >= 0.6 is 0 Å². The second kappa shape index (κ2) is 9.73. The maximum Gasteiger partial charge on any atom is 0.573 e. The van der Waals surface area contributed by atoms with Gasteiger partial charge in [-0.25, -0.2) is 13.1 Å². The predicted molar refractivity (Wildman–Crippen MR) is 115 cm³/mol. The summed E-state index contributed by atoms with van der Waals surface area (Å²) in [5.74, 6) is -0.760. The Bertz CT molecular complexity index is 1310. The van der Waals surface area contributed by atoms with Crippen molar-refractivity contribution in [2.24, 2.45) is 0 Å². The van der Waals surface area contributed by atoms with Crippen molar-refractivity contribution in [2.75, 3.05) is 0 Å². The molecule has 0 aliphatic heterocycles. The van der Waals surface area contributed by atoms with Gasteiger partial charge in [0.25, 0.3) is 0 Å². The summed E-state index contributed by atoms with van der Waals surface area (Å²) >= 11 is 0. The van der Waals surface area contributed by atoms with Crippen molar-refractivity contribution < 1.29 is 39.5 Å². The molecule has 1 aliphatic carbocycles. The minimum absolute atomic E-state index is 0.0927. The van der Waals surface area contributed by atoms with Crippen LogP contribution in [0.5, 0.6) is 5.75 Å². The number of halogens is 6. The smallest absolute Gasteiger partial charge is 0.405 e. The molecule has 1 aliphatic rings. The number of hydrogen-bond donors (Lipinski definition) is 1. The molecule has 4 rings (SSSR count). The Hall–Kier alpha value is -3.13. The quantitative estimate of drug-likeness (QED) is 0.433. The fraction of sp³-hybridized carbons (Fsp3) is 0.364. The van der Waals surface area contributed by atoms with Crippen molar-refractivity contribution >= 4 is 10.0 Å². The van der Waals surface area contributed by atoms with Gasteiger partial charge in [-0.2, -0.15) is 13.2 Å². The molecule has 1 aromatic heterocycles. The van der Waals surface area contributed by atoms with E-state index >= 15 is 0 Å². The SMILES string of the molecule is O=S(=O)(N[C@H]1CCC[C@@H](n2cnnc2)C1)c1cc(-c2ccccc2OC(F)(F)F)cc(C(F)(F)F)c1. The number of benzene rings is 2. The van der Waals surface area contributed by atoms with E-state index < -0.39 is 50.4 Å². The largest absolute Gasteiger partial charge is 0.573 e. The number of hydrogen-bond acceptors (Lipinski definition) is 5. The van der Waals surface area contributed by atoms with Crippen LogP contribution in [0.4, 0.5) is 26.3 Å². The van der Waals surface area contributed by atoms with Gasteiger partial charge in [-0.1, -0.05) is 18.2 Å². The zero-order valence-corrected chi connectivity index (χ0v) is 19.2. The van der Waals surface area contributed by atoms with E-state index in [4.69, 9.17) is 0 Å². The minimum atomic E-state index is -5.10. The van der Waals surface area contributed by atoms with Gasteiger partial charge in [0.05, 0.1) is 10.5 Å². The van der Waals surface area contributed by atoms with E-state index in [0.717, 1.165) is 24.6 Å². The van der Waals surface area contributed by atoms with E-state index in [2.05, 4.69) is 19.7 Å². The number of nitrogens with zero attached hydrogens (tertiary/aromatic N) is 3. The van der Waals surface area contributed by atoms with Crippen molar-refractivity contribution in [3.8, 4) is 16.9 Å². The molecule has 1 saturated carbocycles. The van der Waals surface area contributed by atoms with E-state index in [-0.39, 0.29) is 11.6 Å². The number of sulfonamides is 1. The molecule has 2 aromatic carbocycles. The lowest BCUT2D eigenvalue weighted by Crippen LogP contribution is -2.38. The van der Waals surface area contributed by atoms with E-state index in [9.17, 15) is 34.8 Å². The summed E-state index contributed by atoms with van der Waals surface area (Å²) in [5.41, 5.74) is -2.06. The van der Waals surface area contributed by atoms with Crippen molar-refractivity contribution in [3.63, 3.8) is 0 Å². The van der Waals surface area contributed by atoms with Crippen molar-refractivity contribution in [1.82, 2.24) is 19.5 Å². The van der Waals surface area contributed by atoms with Crippen LogP contribution in [0.15, 0.2) is 60.0 Å². The molecule has 2 atom stereocenters. The predicted octanol–water partition coefficient (Wildman–Crippen LogP) is 5.32. The highest BCUT2D eigenvalue weighted by atomic mass is 32.2. The van der Waals surface area contributed by atoms with Gasteiger partial charge in [0.2, 0.25) is 10.0 Å². The number of alkyl halides is 6. The van der Waals surface area contributed by atoms with Crippen LogP contribution in [0, 0.1) is 0 Å². The first-order valence-corrected chi connectivity index (χ1v) is 12.2. The lowest BCUT2D eigenvalue weighted by Gasteiger charge is -2.30. The third kappa shape index (κ3) is 6.16. The number of aromatic nitrogens is 3. The van der Waals surface area contributed by atoms with Crippen LogP contribution in [0.25, 0.3) is 11.1 Å². The van der Waals surface area contributed by atoms with Crippen LogP contribution in [-0.4, -0.2) is 35.6 Å². The maximum absolute atomic E-state index is 13.6. The van der Waals surface area contributed by atoms with Gasteiger partial charge in [0.15, 0.2) is 0 Å². The Morgan fingerprint density at radius 3 is 2.33 bits per heavy atom. The maximum atomic E-state index is 13.6. The van der Waals surface area contributed by atoms with Gasteiger partial charge in [0, 0.05) is 17.6 Å². The summed E-state index contributed by atoms with van der Waals surface area (Å²) in [6, 6.07) is 5.84. The molecular weight excluding hydrogens is 514 g/mol. The average Bonchev–Trinajstić information content (AvgIpc) is 3.32. The molecule has 36 heavy (non-hydrogen) atoms. The third-order valence-corrected chi connectivity index (χ3v) is 7.29. The zero-order valence-electron chi connectivity index (χ0n) is 18.4. The third-order valence-electron chi connectivity index (χ3n) is 5.79. The lowest BCUT2D eigenvalue weighted by atomic mass is 9.91. The van der Waals surface area contributed by atoms with Crippen LogP contribution in [0.2, 0.25) is 0 Å². The lowest BCUT2D eigenvalue weighted by molar-refractivity contribution is -0.274. The fourth-order valence-corrected chi connectivity index (χ4v) is 5.57. The molecule has 7 nitrogen and oxygen atoms in total. The summed E-state index contributed by atoms with van der Waals surface area (Å²) < 4.78 is 114. The summed E-state index contributed by atoms with van der Waals surface area (Å²) in [6.45, 7) is 0. The minimum Gasteiger partial charge on any atom is -0.405 e. The Balaban J connectivity index is 1.69. The van der Waals surface area contributed by atoms with Gasteiger partial charge in [-0.3, -0.25) is 0 Å². The molecule has 1 N–H and O–H groups in total. The Morgan fingerprint density at radius 2 is 1.67 bits per heavy atom. The molecule has 1 fully saturated rings. The Kier molecular flexibility index (Phi) is 7.01. The zero-order chi connectivity index (χ0) is 26.1. The second-order valence-corrected chi connectivity index (χ2v) is 10.0. The number of nitrogens with one attached hydrogen (secondary N) is 1. The fourth-order valence-electron chi connectivity index (χ4n) is 4.22. The highest BCUT2D eigenvalue weighted by molar-refractivity contribution is 7.89. The molecule has 0 radical (unpaired) electrons. The number of para-hydroxylation sites is 1. The highest BCUT2D eigenvalue weighted by Crippen LogP contribution is 2.39. The molecule has 3 aromatic rings. The van der Waals surface area contributed by atoms with Gasteiger partial charge in [-0.05, 0) is 55.5 Å². The van der Waals surface area contributed by atoms with Gasteiger partial charge in [0.1, 0.15) is 18.4 Å². The van der Waals surface area contributed by atoms with Crippen LogP contribution in [0.1, 0.15) is 37.3 Å². The standard InChI is InChI=1S/C22H20F6N4O3S/c23-21(24,25)15-8-14(19-6-1-2-7-20(19)35-22(26,27)28)9-18(10-15)36(33,34)31-16-4-3-5-17(11-16)32-12-29-30-13-32/h1-2,6-10,12-13,16-17,31H,3-5,11H2/t16-,17+/m0/s1. The van der Waals surface area contributed by atoms with Crippen LogP contribution < -0.4 is 9.46 Å². The summed E-state index contributed by atoms with van der Waals surface area (Å²) in [4.78, 5) is -0.722. The van der Waals surface area contributed by atoms with E-state index in [0.29, 0.717) is 31.4 Å². The second-order valence-electron chi connectivity index (χ2n) is 8.34. The van der Waals surface area contributed by atoms with Crippen molar-refractivity contribution in [3.05, 3.63) is 60.7 Å². The monoisotopic (exact) mass is 534 g/mol. The number of rotatable bonds is 6. The van der Waals surface area contributed by atoms with Crippen LogP contribution in [-0.2, 0) is 16.2 Å².